The number of Topliss-reactive ketones (excluding diaryl/α,β-unsaturated/α-hetero) is 1. The molecule has 6 heteroatoms. The van der Waals surface area contributed by atoms with Crippen LogP contribution in [0.2, 0.25) is 5.02 Å². The van der Waals surface area contributed by atoms with E-state index in [-0.39, 0.29) is 12.2 Å². The van der Waals surface area contributed by atoms with Crippen LogP contribution in [-0.2, 0) is 13.0 Å². The molecule has 1 fully saturated rings. The molecule has 1 aliphatic heterocycles. The van der Waals surface area contributed by atoms with Crippen molar-refractivity contribution in [2.45, 2.75) is 39.8 Å². The average molecular weight is 397 g/mol. The van der Waals surface area contributed by atoms with E-state index in [1.165, 1.54) is 11.8 Å². The molecule has 1 aromatic heterocycles. The SMILES string of the molecule is Cc1cc(C(=O)Cc2cc(Cl)cc(CN3CCN[C@@H](C)C3)c2C)cnc1C#N. The van der Waals surface area contributed by atoms with Gasteiger partial charge >= 0.3 is 0 Å². The summed E-state index contributed by atoms with van der Waals surface area (Å²) in [5.74, 6) is -0.0211. The van der Waals surface area contributed by atoms with Crippen molar-refractivity contribution in [1.29, 1.82) is 5.26 Å². The van der Waals surface area contributed by atoms with Crippen molar-refractivity contribution < 1.29 is 4.79 Å². The molecule has 1 atom stereocenters. The Morgan fingerprint density at radius 2 is 2.11 bits per heavy atom. The molecule has 2 heterocycles. The maximum Gasteiger partial charge on any atom is 0.168 e. The van der Waals surface area contributed by atoms with E-state index in [1.807, 2.05) is 18.2 Å². The van der Waals surface area contributed by atoms with E-state index < -0.39 is 0 Å². The monoisotopic (exact) mass is 396 g/mol. The number of ketones is 1. The van der Waals surface area contributed by atoms with E-state index in [0.717, 1.165) is 37.3 Å². The highest BCUT2D eigenvalue weighted by atomic mass is 35.5. The molecular formula is C22H25ClN4O. The summed E-state index contributed by atoms with van der Waals surface area (Å²) in [5.41, 5.74) is 4.81. The molecule has 1 N–H and O–H groups in total. The summed E-state index contributed by atoms with van der Waals surface area (Å²) >= 11 is 6.37. The molecule has 0 radical (unpaired) electrons. The highest BCUT2D eigenvalue weighted by molar-refractivity contribution is 6.30. The van der Waals surface area contributed by atoms with Gasteiger partial charge in [0.05, 0.1) is 0 Å². The van der Waals surface area contributed by atoms with Crippen molar-refractivity contribution in [2.24, 2.45) is 0 Å². The maximum atomic E-state index is 12.8. The average Bonchev–Trinajstić information content (AvgIpc) is 2.65. The second-order valence-corrected chi connectivity index (χ2v) is 7.98. The molecule has 0 aliphatic carbocycles. The minimum Gasteiger partial charge on any atom is -0.312 e. The van der Waals surface area contributed by atoms with E-state index in [1.54, 1.807) is 13.0 Å². The molecule has 0 bridgehead atoms. The number of rotatable bonds is 5. The van der Waals surface area contributed by atoms with Crippen LogP contribution in [0.1, 0.15) is 45.2 Å². The molecule has 1 aromatic carbocycles. The van der Waals surface area contributed by atoms with Gasteiger partial charge in [0.2, 0.25) is 0 Å². The first-order valence-corrected chi connectivity index (χ1v) is 9.88. The Morgan fingerprint density at radius 1 is 1.36 bits per heavy atom. The third kappa shape index (κ3) is 4.77. The third-order valence-electron chi connectivity index (χ3n) is 5.29. The zero-order valence-electron chi connectivity index (χ0n) is 16.6. The second kappa shape index (κ2) is 8.83. The molecule has 0 spiro atoms. The minimum absolute atomic E-state index is 0.0211. The van der Waals surface area contributed by atoms with E-state index in [0.29, 0.717) is 27.9 Å². The number of benzene rings is 1. The standard InChI is InChI=1S/C22H25ClN4O/c1-14-6-18(11-26-21(14)10-24)22(28)9-17-7-20(23)8-19(16(17)3)13-27-5-4-25-15(2)12-27/h6-8,11,15,25H,4-5,9,12-13H2,1-3H3/t15-/m0/s1. The van der Waals surface area contributed by atoms with Gasteiger partial charge in [-0.05, 0) is 61.2 Å². The molecule has 1 saturated heterocycles. The Bertz CT molecular complexity index is 935. The number of aryl methyl sites for hydroxylation is 1. The summed E-state index contributed by atoms with van der Waals surface area (Å²) in [6, 6.07) is 8.12. The van der Waals surface area contributed by atoms with Crippen molar-refractivity contribution in [3.63, 3.8) is 0 Å². The minimum atomic E-state index is -0.0211. The first kappa shape index (κ1) is 20.5. The van der Waals surface area contributed by atoms with Crippen LogP contribution >= 0.6 is 11.6 Å². The molecule has 0 unspecified atom stereocenters. The van der Waals surface area contributed by atoms with Gasteiger partial charge in [-0.1, -0.05) is 11.6 Å². The molecular weight excluding hydrogens is 372 g/mol. The summed E-state index contributed by atoms with van der Waals surface area (Å²) in [6.07, 6.45) is 1.75. The zero-order valence-corrected chi connectivity index (χ0v) is 17.3. The summed E-state index contributed by atoms with van der Waals surface area (Å²) in [5, 5.41) is 13.1. The van der Waals surface area contributed by atoms with E-state index in [9.17, 15) is 4.79 Å². The Kier molecular flexibility index (Phi) is 6.46. The van der Waals surface area contributed by atoms with Crippen LogP contribution in [0, 0.1) is 25.2 Å². The van der Waals surface area contributed by atoms with Crippen molar-refractivity contribution in [3.05, 3.63) is 62.9 Å². The lowest BCUT2D eigenvalue weighted by Crippen LogP contribution is -2.48. The van der Waals surface area contributed by atoms with Gasteiger partial charge in [0.1, 0.15) is 11.8 Å². The van der Waals surface area contributed by atoms with E-state index >= 15 is 0 Å². The predicted octanol–water partition coefficient (Wildman–Crippen LogP) is 3.44. The predicted molar refractivity (Wildman–Crippen MR) is 111 cm³/mol. The van der Waals surface area contributed by atoms with Crippen molar-refractivity contribution in [3.8, 4) is 6.07 Å². The number of halogens is 1. The number of pyridine rings is 1. The molecule has 5 nitrogen and oxygen atoms in total. The number of nitrogens with one attached hydrogen (secondary N) is 1. The number of aromatic nitrogens is 1. The number of carbonyl (C=O) groups excluding carboxylic acids is 1. The largest absolute Gasteiger partial charge is 0.312 e. The Hall–Kier alpha value is -2.26. The van der Waals surface area contributed by atoms with Gasteiger partial charge in [-0.2, -0.15) is 5.26 Å². The molecule has 2 aromatic rings. The molecule has 28 heavy (non-hydrogen) atoms. The normalized spacial score (nSPS) is 17.3. The molecule has 0 saturated carbocycles. The number of carbonyl (C=O) groups is 1. The number of hydrogen-bond acceptors (Lipinski definition) is 5. The number of hydrogen-bond donors (Lipinski definition) is 1. The Labute approximate surface area is 171 Å². The fourth-order valence-corrected chi connectivity index (χ4v) is 3.92. The van der Waals surface area contributed by atoms with Gasteiger partial charge < -0.3 is 5.32 Å². The molecule has 146 valence electrons. The van der Waals surface area contributed by atoms with Crippen LogP contribution in [0.5, 0.6) is 0 Å². The fraction of sp³-hybridized carbons (Fsp3) is 0.409. The second-order valence-electron chi connectivity index (χ2n) is 7.54. The summed E-state index contributed by atoms with van der Waals surface area (Å²) in [7, 11) is 0. The Balaban J connectivity index is 1.80. The maximum absolute atomic E-state index is 12.8. The van der Waals surface area contributed by atoms with E-state index in [4.69, 9.17) is 16.9 Å². The lowest BCUT2D eigenvalue weighted by molar-refractivity contribution is 0.0992. The highest BCUT2D eigenvalue weighted by Crippen LogP contribution is 2.24. The van der Waals surface area contributed by atoms with Crippen LogP contribution in [0.15, 0.2) is 24.4 Å². The quantitative estimate of drug-likeness (QED) is 0.784. The first-order valence-electron chi connectivity index (χ1n) is 9.51. The fourth-order valence-electron chi connectivity index (χ4n) is 3.66. The summed E-state index contributed by atoms with van der Waals surface area (Å²) in [6.45, 7) is 9.85. The van der Waals surface area contributed by atoms with Crippen LogP contribution in [0.4, 0.5) is 0 Å². The van der Waals surface area contributed by atoms with Crippen molar-refractivity contribution >= 4 is 17.4 Å². The smallest absolute Gasteiger partial charge is 0.168 e. The Morgan fingerprint density at radius 3 is 2.79 bits per heavy atom. The van der Waals surface area contributed by atoms with Crippen LogP contribution in [0.25, 0.3) is 0 Å². The number of nitrogens with zero attached hydrogens (tertiary/aromatic N) is 3. The van der Waals surface area contributed by atoms with Gasteiger partial charge in [-0.25, -0.2) is 4.98 Å². The molecule has 0 amide bonds. The topological polar surface area (TPSA) is 69.0 Å². The van der Waals surface area contributed by atoms with Crippen molar-refractivity contribution in [2.75, 3.05) is 19.6 Å². The first-order chi connectivity index (χ1) is 13.4. The third-order valence-corrected chi connectivity index (χ3v) is 5.51. The number of piperazine rings is 1. The van der Waals surface area contributed by atoms with E-state index in [2.05, 4.69) is 29.0 Å². The van der Waals surface area contributed by atoms with Crippen LogP contribution in [-0.4, -0.2) is 41.3 Å². The van der Waals surface area contributed by atoms with Gasteiger partial charge in [0, 0.05) is 55.4 Å². The lowest BCUT2D eigenvalue weighted by Gasteiger charge is -2.32. The highest BCUT2D eigenvalue weighted by Gasteiger charge is 2.18. The van der Waals surface area contributed by atoms with Gasteiger partial charge in [0.25, 0.3) is 0 Å². The molecule has 3 rings (SSSR count). The molecule has 1 aliphatic rings. The van der Waals surface area contributed by atoms with Gasteiger partial charge in [-0.15, -0.1) is 0 Å². The van der Waals surface area contributed by atoms with Gasteiger partial charge in [-0.3, -0.25) is 9.69 Å². The van der Waals surface area contributed by atoms with Gasteiger partial charge in [0.15, 0.2) is 5.78 Å². The van der Waals surface area contributed by atoms with Crippen LogP contribution in [0.3, 0.4) is 0 Å². The summed E-state index contributed by atoms with van der Waals surface area (Å²) < 4.78 is 0. The summed E-state index contributed by atoms with van der Waals surface area (Å²) in [4.78, 5) is 19.3. The number of nitriles is 1. The van der Waals surface area contributed by atoms with Crippen molar-refractivity contribution in [1.82, 2.24) is 15.2 Å². The lowest BCUT2D eigenvalue weighted by atomic mass is 9.95. The van der Waals surface area contributed by atoms with Crippen LogP contribution < -0.4 is 5.32 Å². The zero-order chi connectivity index (χ0) is 20.3.